The Morgan fingerprint density at radius 1 is 0.933 bits per heavy atom. The molecular weight excluding hydrogens is 417 g/mol. The molecule has 3 aromatic rings. The van der Waals surface area contributed by atoms with Crippen LogP contribution in [0.2, 0.25) is 10.0 Å². The fourth-order valence-corrected chi connectivity index (χ4v) is 4.10. The van der Waals surface area contributed by atoms with Gasteiger partial charge in [0.15, 0.2) is 0 Å². The largest absolute Gasteiger partial charge is 0.367 e. The molecule has 0 aliphatic heterocycles. The molecular formula is C23H25Cl2N5. The monoisotopic (exact) mass is 441 g/mol. The molecule has 7 heteroatoms. The van der Waals surface area contributed by atoms with E-state index in [4.69, 9.17) is 33.9 Å². The molecule has 30 heavy (non-hydrogen) atoms. The molecule has 1 fully saturated rings. The predicted octanol–water partition coefficient (Wildman–Crippen LogP) is 5.74. The maximum atomic E-state index is 6.45. The SMILES string of the molecule is N[C@H]1CC[C@H](Nc2cc(-c3cccc(NCc4ccccc4Cl)n3)c(Cl)cn2)CC1. The number of benzene rings is 1. The smallest absolute Gasteiger partial charge is 0.126 e. The Morgan fingerprint density at radius 2 is 1.73 bits per heavy atom. The maximum absolute atomic E-state index is 6.45. The number of halogens is 2. The Kier molecular flexibility index (Phi) is 6.72. The highest BCUT2D eigenvalue weighted by atomic mass is 35.5. The Morgan fingerprint density at radius 3 is 2.53 bits per heavy atom. The summed E-state index contributed by atoms with van der Waals surface area (Å²) in [6.07, 6.45) is 5.87. The van der Waals surface area contributed by atoms with Gasteiger partial charge in [0.1, 0.15) is 11.6 Å². The summed E-state index contributed by atoms with van der Waals surface area (Å²) in [5.41, 5.74) is 8.67. The molecule has 0 spiro atoms. The Labute approximate surface area is 187 Å². The lowest BCUT2D eigenvalue weighted by Crippen LogP contribution is -2.33. The molecule has 2 aromatic heterocycles. The summed E-state index contributed by atoms with van der Waals surface area (Å²) < 4.78 is 0. The first-order valence-corrected chi connectivity index (χ1v) is 11.0. The topological polar surface area (TPSA) is 75.9 Å². The van der Waals surface area contributed by atoms with E-state index >= 15 is 0 Å². The second-order valence-electron chi connectivity index (χ2n) is 7.66. The molecule has 2 heterocycles. The molecule has 1 aliphatic rings. The summed E-state index contributed by atoms with van der Waals surface area (Å²) in [6.45, 7) is 0.594. The summed E-state index contributed by atoms with van der Waals surface area (Å²) in [5, 5.41) is 8.16. The van der Waals surface area contributed by atoms with Crippen LogP contribution in [0.15, 0.2) is 54.7 Å². The summed E-state index contributed by atoms with van der Waals surface area (Å²) in [5.74, 6) is 1.57. The molecule has 1 aromatic carbocycles. The lowest BCUT2D eigenvalue weighted by Gasteiger charge is -2.27. The van der Waals surface area contributed by atoms with E-state index in [1.165, 1.54) is 0 Å². The molecule has 1 aliphatic carbocycles. The summed E-state index contributed by atoms with van der Waals surface area (Å²) in [6, 6.07) is 16.3. The van der Waals surface area contributed by atoms with Gasteiger partial charge >= 0.3 is 0 Å². The van der Waals surface area contributed by atoms with Crippen LogP contribution in [0.1, 0.15) is 31.2 Å². The summed E-state index contributed by atoms with van der Waals surface area (Å²) in [4.78, 5) is 9.19. The number of hydrogen-bond donors (Lipinski definition) is 3. The van der Waals surface area contributed by atoms with Crippen LogP contribution in [0.3, 0.4) is 0 Å². The van der Waals surface area contributed by atoms with E-state index in [2.05, 4.69) is 15.6 Å². The van der Waals surface area contributed by atoms with Gasteiger partial charge in [-0.15, -0.1) is 0 Å². The van der Waals surface area contributed by atoms with E-state index in [9.17, 15) is 0 Å². The second kappa shape index (κ2) is 9.65. The third kappa shape index (κ3) is 5.22. The maximum Gasteiger partial charge on any atom is 0.126 e. The third-order valence-corrected chi connectivity index (χ3v) is 6.09. The number of pyridine rings is 2. The number of rotatable bonds is 6. The van der Waals surface area contributed by atoms with Crippen LogP contribution in [0, 0.1) is 0 Å². The van der Waals surface area contributed by atoms with Gasteiger partial charge in [0.05, 0.1) is 10.7 Å². The molecule has 156 valence electrons. The van der Waals surface area contributed by atoms with Crippen molar-refractivity contribution in [1.29, 1.82) is 0 Å². The molecule has 1 saturated carbocycles. The van der Waals surface area contributed by atoms with Crippen molar-refractivity contribution in [3.05, 3.63) is 70.3 Å². The van der Waals surface area contributed by atoms with E-state index < -0.39 is 0 Å². The highest BCUT2D eigenvalue weighted by Crippen LogP contribution is 2.30. The fourth-order valence-electron chi connectivity index (χ4n) is 3.70. The predicted molar refractivity (Wildman–Crippen MR) is 125 cm³/mol. The number of aromatic nitrogens is 2. The Balaban J connectivity index is 1.49. The van der Waals surface area contributed by atoms with Gasteiger partial charge in [-0.1, -0.05) is 47.5 Å². The number of hydrogen-bond acceptors (Lipinski definition) is 5. The van der Waals surface area contributed by atoms with E-state index in [-0.39, 0.29) is 0 Å². The van der Waals surface area contributed by atoms with Crippen LogP contribution in [0.5, 0.6) is 0 Å². The van der Waals surface area contributed by atoms with Crippen molar-refractivity contribution >= 4 is 34.8 Å². The lowest BCUT2D eigenvalue weighted by atomic mass is 9.92. The van der Waals surface area contributed by atoms with Gasteiger partial charge in [-0.05, 0) is 55.5 Å². The first-order valence-electron chi connectivity index (χ1n) is 10.2. The Hall–Kier alpha value is -2.34. The van der Waals surface area contributed by atoms with Crippen molar-refractivity contribution in [2.24, 2.45) is 5.73 Å². The molecule has 4 N–H and O–H groups in total. The second-order valence-corrected chi connectivity index (χ2v) is 8.47. The van der Waals surface area contributed by atoms with Crippen LogP contribution < -0.4 is 16.4 Å². The van der Waals surface area contributed by atoms with Gasteiger partial charge in [0.25, 0.3) is 0 Å². The van der Waals surface area contributed by atoms with E-state index in [1.807, 2.05) is 48.5 Å². The number of nitrogens with two attached hydrogens (primary N) is 1. The molecule has 0 atom stereocenters. The molecule has 0 bridgehead atoms. The zero-order chi connectivity index (χ0) is 20.9. The van der Waals surface area contributed by atoms with Gasteiger partial charge in [-0.3, -0.25) is 0 Å². The van der Waals surface area contributed by atoms with Gasteiger partial charge in [0.2, 0.25) is 0 Å². The minimum Gasteiger partial charge on any atom is -0.367 e. The van der Waals surface area contributed by atoms with E-state index in [0.717, 1.165) is 59.2 Å². The van der Waals surface area contributed by atoms with Crippen LogP contribution in [-0.2, 0) is 6.54 Å². The quantitative estimate of drug-likeness (QED) is 0.454. The lowest BCUT2D eigenvalue weighted by molar-refractivity contribution is 0.410. The molecule has 0 amide bonds. The van der Waals surface area contributed by atoms with Crippen LogP contribution in [-0.4, -0.2) is 22.1 Å². The van der Waals surface area contributed by atoms with E-state index in [1.54, 1.807) is 6.20 Å². The van der Waals surface area contributed by atoms with Crippen LogP contribution in [0.4, 0.5) is 11.6 Å². The molecule has 0 unspecified atom stereocenters. The average molecular weight is 442 g/mol. The zero-order valence-electron chi connectivity index (χ0n) is 16.6. The highest BCUT2D eigenvalue weighted by molar-refractivity contribution is 6.33. The summed E-state index contributed by atoms with van der Waals surface area (Å²) in [7, 11) is 0. The average Bonchev–Trinajstić information content (AvgIpc) is 2.76. The van der Waals surface area contributed by atoms with Crippen molar-refractivity contribution in [3.8, 4) is 11.3 Å². The van der Waals surface area contributed by atoms with Crippen molar-refractivity contribution in [2.75, 3.05) is 10.6 Å². The van der Waals surface area contributed by atoms with E-state index in [0.29, 0.717) is 23.7 Å². The van der Waals surface area contributed by atoms with Crippen LogP contribution in [0.25, 0.3) is 11.3 Å². The number of anilines is 2. The molecule has 5 nitrogen and oxygen atoms in total. The van der Waals surface area contributed by atoms with Crippen molar-refractivity contribution < 1.29 is 0 Å². The minimum absolute atomic E-state index is 0.321. The molecule has 0 saturated heterocycles. The first kappa shape index (κ1) is 20.9. The van der Waals surface area contributed by atoms with Gasteiger partial charge < -0.3 is 16.4 Å². The normalized spacial score (nSPS) is 18.8. The molecule has 0 radical (unpaired) electrons. The summed E-state index contributed by atoms with van der Waals surface area (Å²) >= 11 is 12.7. The Bertz CT molecular complexity index is 1000. The number of nitrogens with one attached hydrogen (secondary N) is 2. The van der Waals surface area contributed by atoms with Crippen molar-refractivity contribution in [1.82, 2.24) is 9.97 Å². The standard InChI is InChI=1S/C23H25Cl2N5/c24-19-5-2-1-4-15(19)13-27-22-7-3-6-21(30-22)18-12-23(28-14-20(18)25)29-17-10-8-16(26)9-11-17/h1-7,12,14,16-17H,8-11,13,26H2,(H,27,30)(H,28,29)/t16-,17-. The van der Waals surface area contributed by atoms with Crippen LogP contribution >= 0.6 is 23.2 Å². The third-order valence-electron chi connectivity index (χ3n) is 5.42. The number of nitrogens with zero attached hydrogens (tertiary/aromatic N) is 2. The first-order chi connectivity index (χ1) is 14.6. The zero-order valence-corrected chi connectivity index (χ0v) is 18.1. The van der Waals surface area contributed by atoms with Crippen molar-refractivity contribution in [3.63, 3.8) is 0 Å². The fraction of sp³-hybridized carbons (Fsp3) is 0.304. The van der Waals surface area contributed by atoms with Gasteiger partial charge in [-0.2, -0.15) is 0 Å². The van der Waals surface area contributed by atoms with Crippen molar-refractivity contribution in [2.45, 2.75) is 44.3 Å². The minimum atomic E-state index is 0.321. The highest BCUT2D eigenvalue weighted by Gasteiger charge is 2.19. The molecule has 4 rings (SSSR count). The van der Waals surface area contributed by atoms with Gasteiger partial charge in [0, 0.05) is 35.4 Å². The van der Waals surface area contributed by atoms with Gasteiger partial charge in [-0.25, -0.2) is 9.97 Å².